The lowest BCUT2D eigenvalue weighted by molar-refractivity contribution is 1.10. The van der Waals surface area contributed by atoms with Crippen LogP contribution in [0.1, 0.15) is 33.4 Å². The van der Waals surface area contributed by atoms with Gasteiger partial charge >= 0.3 is 0 Å². The number of hydrogen-bond donors (Lipinski definition) is 0. The number of benzene rings is 4. The summed E-state index contributed by atoms with van der Waals surface area (Å²) in [7, 11) is 4.07. The van der Waals surface area contributed by atoms with Gasteiger partial charge in [0.1, 0.15) is 0 Å². The molecule has 4 aromatic rings. The Morgan fingerprint density at radius 3 is 1.41 bits per heavy atom. The van der Waals surface area contributed by atoms with Crippen LogP contribution in [0.15, 0.2) is 84.9 Å². The molecule has 0 unspecified atom stereocenters. The molecule has 2 aliphatic carbocycles. The molecule has 0 nitrogen and oxygen atoms in total. The SMILES string of the molecule is c1ccc2c(c1)Cc1c(CCSSCCc3cccc4c3Cc3ccccc3-4)cccc1-2. The minimum Gasteiger partial charge on any atom is -0.0938 e. The lowest BCUT2D eigenvalue weighted by atomic mass is 10.00. The largest absolute Gasteiger partial charge is 0.0938 e. The topological polar surface area (TPSA) is 0 Å². The van der Waals surface area contributed by atoms with Crippen molar-refractivity contribution in [3.8, 4) is 22.3 Å². The molecule has 0 radical (unpaired) electrons. The van der Waals surface area contributed by atoms with Gasteiger partial charge in [-0.1, -0.05) is 107 Å². The van der Waals surface area contributed by atoms with Crippen LogP contribution in [-0.4, -0.2) is 11.5 Å². The van der Waals surface area contributed by atoms with E-state index < -0.39 is 0 Å². The van der Waals surface area contributed by atoms with Crippen LogP contribution >= 0.6 is 21.6 Å². The number of hydrogen-bond acceptors (Lipinski definition) is 2. The summed E-state index contributed by atoms with van der Waals surface area (Å²) >= 11 is 0. The molecule has 32 heavy (non-hydrogen) atoms. The molecular weight excluding hydrogens is 424 g/mol. The molecule has 158 valence electrons. The second-order valence-electron chi connectivity index (χ2n) is 8.70. The molecule has 6 rings (SSSR count). The van der Waals surface area contributed by atoms with Crippen molar-refractivity contribution >= 4 is 21.6 Å². The Labute approximate surface area is 198 Å². The quantitative estimate of drug-likeness (QED) is 0.178. The van der Waals surface area contributed by atoms with Gasteiger partial charge in [0.05, 0.1) is 0 Å². The van der Waals surface area contributed by atoms with Crippen LogP contribution in [0.2, 0.25) is 0 Å². The third-order valence-electron chi connectivity index (χ3n) is 6.89. The highest BCUT2D eigenvalue weighted by Gasteiger charge is 2.21. The highest BCUT2D eigenvalue weighted by Crippen LogP contribution is 2.40. The fourth-order valence-corrected chi connectivity index (χ4v) is 7.39. The van der Waals surface area contributed by atoms with Gasteiger partial charge in [-0.05, 0) is 81.3 Å². The molecule has 0 spiro atoms. The standard InChI is InChI=1S/C30H26S2/c1-3-11-25-23(7-1)19-29-21(9-5-13-27(25)29)15-17-31-32-18-16-22-10-6-14-28-26-12-4-2-8-24(26)20-30(22)28/h1-14H,15-20H2. The summed E-state index contributed by atoms with van der Waals surface area (Å²) in [4.78, 5) is 0. The highest BCUT2D eigenvalue weighted by molar-refractivity contribution is 8.76. The average Bonchev–Trinajstić information content (AvgIpc) is 3.41. The molecule has 0 heterocycles. The normalized spacial score (nSPS) is 12.9. The van der Waals surface area contributed by atoms with Crippen LogP contribution < -0.4 is 0 Å². The molecule has 0 saturated carbocycles. The first-order valence-electron chi connectivity index (χ1n) is 11.5. The molecule has 4 aromatic carbocycles. The maximum absolute atomic E-state index is 2.33. The van der Waals surface area contributed by atoms with Gasteiger partial charge in [0.15, 0.2) is 0 Å². The lowest BCUT2D eigenvalue weighted by Gasteiger charge is -2.10. The molecule has 0 fully saturated rings. The molecule has 0 aliphatic heterocycles. The summed E-state index contributed by atoms with van der Waals surface area (Å²) in [6.07, 6.45) is 4.51. The van der Waals surface area contributed by atoms with E-state index in [4.69, 9.17) is 0 Å². The zero-order valence-electron chi connectivity index (χ0n) is 18.1. The first-order chi connectivity index (χ1) is 15.9. The molecule has 0 amide bonds. The third kappa shape index (κ3) is 3.70. The van der Waals surface area contributed by atoms with E-state index in [0.29, 0.717) is 0 Å². The molecular formula is C30H26S2. The monoisotopic (exact) mass is 450 g/mol. The lowest BCUT2D eigenvalue weighted by Crippen LogP contribution is -1.96. The van der Waals surface area contributed by atoms with Gasteiger partial charge in [-0.25, -0.2) is 0 Å². The zero-order valence-corrected chi connectivity index (χ0v) is 19.8. The summed E-state index contributed by atoms with van der Waals surface area (Å²) in [6.45, 7) is 0. The number of rotatable bonds is 7. The summed E-state index contributed by atoms with van der Waals surface area (Å²) in [6, 6.07) is 31.5. The summed E-state index contributed by atoms with van der Waals surface area (Å²) in [5.74, 6) is 2.35. The molecule has 0 bridgehead atoms. The van der Waals surface area contributed by atoms with Gasteiger partial charge in [0.2, 0.25) is 0 Å². The van der Waals surface area contributed by atoms with E-state index in [1.165, 1.54) is 56.0 Å². The molecule has 0 saturated heterocycles. The maximum Gasteiger partial charge on any atom is 0.00775 e. The molecule has 2 heteroatoms. The van der Waals surface area contributed by atoms with E-state index in [1.807, 2.05) is 21.6 Å². The highest BCUT2D eigenvalue weighted by atomic mass is 33.1. The minimum absolute atomic E-state index is 1.10. The van der Waals surface area contributed by atoms with E-state index in [1.54, 1.807) is 11.1 Å². The third-order valence-corrected chi connectivity index (χ3v) is 9.30. The van der Waals surface area contributed by atoms with Gasteiger partial charge in [0.25, 0.3) is 0 Å². The second-order valence-corrected chi connectivity index (χ2v) is 11.4. The fourth-order valence-electron chi connectivity index (χ4n) is 5.34. The van der Waals surface area contributed by atoms with Crippen molar-refractivity contribution in [2.24, 2.45) is 0 Å². The van der Waals surface area contributed by atoms with Crippen molar-refractivity contribution in [3.05, 3.63) is 118 Å². The van der Waals surface area contributed by atoms with Crippen molar-refractivity contribution in [1.29, 1.82) is 0 Å². The Morgan fingerprint density at radius 1 is 0.469 bits per heavy atom. The van der Waals surface area contributed by atoms with Crippen molar-refractivity contribution in [3.63, 3.8) is 0 Å². The van der Waals surface area contributed by atoms with Crippen molar-refractivity contribution in [2.45, 2.75) is 25.7 Å². The first kappa shape index (κ1) is 20.2. The molecule has 0 atom stereocenters. The fraction of sp³-hybridized carbons (Fsp3) is 0.200. The van der Waals surface area contributed by atoms with Gasteiger partial charge in [0, 0.05) is 11.5 Å². The first-order valence-corrected chi connectivity index (χ1v) is 14.0. The van der Waals surface area contributed by atoms with Crippen LogP contribution in [0.25, 0.3) is 22.3 Å². The van der Waals surface area contributed by atoms with Crippen LogP contribution in [0, 0.1) is 0 Å². The van der Waals surface area contributed by atoms with Gasteiger partial charge < -0.3 is 0 Å². The summed E-state index contributed by atoms with van der Waals surface area (Å²) in [5, 5.41) is 0. The molecule has 2 aliphatic rings. The smallest absolute Gasteiger partial charge is 0.00775 e. The minimum atomic E-state index is 1.10. The summed E-state index contributed by atoms with van der Waals surface area (Å²) < 4.78 is 0. The van der Waals surface area contributed by atoms with E-state index in [-0.39, 0.29) is 0 Å². The Kier molecular flexibility index (Phi) is 5.58. The Hall–Kier alpha value is -2.42. The maximum atomic E-state index is 2.33. The van der Waals surface area contributed by atoms with Crippen molar-refractivity contribution in [1.82, 2.24) is 0 Å². The molecule has 0 N–H and O–H groups in total. The van der Waals surface area contributed by atoms with Crippen LogP contribution in [0.3, 0.4) is 0 Å². The number of aryl methyl sites for hydroxylation is 2. The van der Waals surface area contributed by atoms with Gasteiger partial charge in [-0.15, -0.1) is 0 Å². The Balaban J connectivity index is 1.03. The Morgan fingerprint density at radius 2 is 0.906 bits per heavy atom. The Bertz CT molecular complexity index is 1190. The van der Waals surface area contributed by atoms with E-state index in [9.17, 15) is 0 Å². The van der Waals surface area contributed by atoms with Crippen molar-refractivity contribution in [2.75, 3.05) is 11.5 Å². The van der Waals surface area contributed by atoms with Gasteiger partial charge in [-0.2, -0.15) is 0 Å². The second kappa shape index (κ2) is 8.84. The van der Waals surface area contributed by atoms with Crippen molar-refractivity contribution < 1.29 is 0 Å². The molecule has 0 aromatic heterocycles. The van der Waals surface area contributed by atoms with E-state index in [0.717, 1.165) is 25.7 Å². The van der Waals surface area contributed by atoms with Crippen LogP contribution in [-0.2, 0) is 25.7 Å². The van der Waals surface area contributed by atoms with E-state index >= 15 is 0 Å². The van der Waals surface area contributed by atoms with Crippen LogP contribution in [0.5, 0.6) is 0 Å². The zero-order chi connectivity index (χ0) is 21.3. The van der Waals surface area contributed by atoms with Gasteiger partial charge in [-0.3, -0.25) is 0 Å². The van der Waals surface area contributed by atoms with E-state index in [2.05, 4.69) is 84.9 Å². The predicted molar refractivity (Wildman–Crippen MR) is 142 cm³/mol. The predicted octanol–water partition coefficient (Wildman–Crippen LogP) is 8.00. The van der Waals surface area contributed by atoms with Crippen LogP contribution in [0.4, 0.5) is 0 Å². The summed E-state index contributed by atoms with van der Waals surface area (Å²) in [5.41, 5.74) is 14.9. The average molecular weight is 451 g/mol. The number of fused-ring (bicyclic) bond motifs is 6.